The van der Waals surface area contributed by atoms with Gasteiger partial charge in [0.25, 0.3) is 0 Å². The lowest BCUT2D eigenvalue weighted by atomic mass is 10.2. The lowest BCUT2D eigenvalue weighted by Crippen LogP contribution is -2.08. The zero-order chi connectivity index (χ0) is 61.4. The minimum Gasteiger partial charge on any atom is -0.478 e. The van der Waals surface area contributed by atoms with Gasteiger partial charge in [0.1, 0.15) is 36.9 Å². The van der Waals surface area contributed by atoms with Gasteiger partial charge >= 0.3 is 23.9 Å². The molecule has 0 aliphatic heterocycles. The molecule has 0 aliphatic carbocycles. The number of methoxy groups -OCH3 is 1. The molecule has 22 nitrogen and oxygen atoms in total. The van der Waals surface area contributed by atoms with Crippen molar-refractivity contribution in [2.24, 2.45) is 0 Å². The van der Waals surface area contributed by atoms with Crippen LogP contribution in [0.25, 0.3) is 0 Å². The molecule has 9 rings (SSSR count). The Morgan fingerprint density at radius 2 is 0.786 bits per heavy atom. The van der Waals surface area contributed by atoms with Crippen LogP contribution in [0, 0.1) is 0 Å². The Hall–Kier alpha value is -8.58. The van der Waals surface area contributed by atoms with Crippen molar-refractivity contribution in [1.82, 2.24) is 44.9 Å². The molecule has 0 spiro atoms. The summed E-state index contributed by atoms with van der Waals surface area (Å²) in [5.41, 5.74) is 11.9. The average Bonchev–Trinajstić information content (AvgIpc) is 3.66. The number of carbonyl (C=O) groups excluding carboxylic acids is 3. The first-order valence-electron chi connectivity index (χ1n) is 23.9. The number of aliphatic hydroxyl groups excluding tert-OH is 1. The van der Waals surface area contributed by atoms with Gasteiger partial charge < -0.3 is 46.1 Å². The predicted molar refractivity (Wildman–Crippen MR) is 324 cm³/mol. The van der Waals surface area contributed by atoms with Gasteiger partial charge in [0.05, 0.1) is 59.5 Å². The summed E-state index contributed by atoms with van der Waals surface area (Å²) < 4.78 is 14.4. The third-order valence-electron chi connectivity index (χ3n) is 9.72. The number of carboxylic acid groups (broad SMARTS) is 1. The van der Waals surface area contributed by atoms with E-state index in [4.69, 9.17) is 107 Å². The number of halogens is 7. The number of hydrogen-bond donors (Lipinski definition) is 6. The molecular formula is C55H48Cl7N13O9. The van der Waals surface area contributed by atoms with Gasteiger partial charge in [-0.15, -0.1) is 0 Å². The van der Waals surface area contributed by atoms with Crippen LogP contribution in [0.2, 0.25) is 35.8 Å². The fourth-order valence-electron chi connectivity index (χ4n) is 5.88. The van der Waals surface area contributed by atoms with Crippen LogP contribution >= 0.6 is 81.2 Å². The topological polar surface area (TPSA) is 315 Å². The highest BCUT2D eigenvalue weighted by atomic mass is 35.5. The Kier molecular flexibility index (Phi) is 29.7. The third kappa shape index (κ3) is 24.1. The van der Waals surface area contributed by atoms with Crippen LogP contribution < -0.4 is 21.7 Å². The molecule has 0 saturated carbocycles. The fraction of sp³-hybridized carbons (Fsp3) is 0.109. The van der Waals surface area contributed by atoms with Gasteiger partial charge in [-0.25, -0.2) is 44.1 Å². The van der Waals surface area contributed by atoms with Gasteiger partial charge in [0, 0.05) is 115 Å². The molecule has 0 radical (unpaired) electrons. The van der Waals surface area contributed by atoms with Crippen molar-refractivity contribution < 1.29 is 43.6 Å². The van der Waals surface area contributed by atoms with Gasteiger partial charge in [0.2, 0.25) is 0 Å². The van der Waals surface area contributed by atoms with E-state index in [1.807, 2.05) is 12.1 Å². The van der Waals surface area contributed by atoms with Crippen molar-refractivity contribution >= 4 is 145 Å². The number of pyridine rings is 9. The molecule has 9 aromatic heterocycles. The first kappa shape index (κ1) is 67.9. The van der Waals surface area contributed by atoms with E-state index in [1.165, 1.54) is 37.8 Å². The number of hydrogen-bond acceptors (Lipinski definition) is 21. The van der Waals surface area contributed by atoms with Gasteiger partial charge in [-0.2, -0.15) is 0 Å². The Morgan fingerprint density at radius 3 is 1.13 bits per heavy atom. The number of nitrogens with one attached hydrogen (secondary N) is 3. The van der Waals surface area contributed by atoms with Crippen molar-refractivity contribution in [3.8, 4) is 0 Å². The third-order valence-corrected chi connectivity index (χ3v) is 11.4. The molecule has 9 aromatic rings. The van der Waals surface area contributed by atoms with Gasteiger partial charge in [-0.3, -0.25) is 19.9 Å². The smallest absolute Gasteiger partial charge is 0.341 e. The second-order valence-corrected chi connectivity index (χ2v) is 18.3. The van der Waals surface area contributed by atoms with Crippen molar-refractivity contribution in [1.29, 1.82) is 0 Å². The van der Waals surface area contributed by atoms with Crippen LogP contribution in [0.1, 0.15) is 60.8 Å². The number of nitrogens with zero attached hydrogens (tertiary/aromatic N) is 9. The molecular weight excluding hydrogens is 1230 g/mol. The summed E-state index contributed by atoms with van der Waals surface area (Å²) in [6.45, 7) is 3.98. The maximum atomic E-state index is 11.8. The molecule has 29 heteroatoms. The number of carboxylic acids is 1. The van der Waals surface area contributed by atoms with Crippen LogP contribution in [0.4, 0.5) is 39.8 Å². The maximum absolute atomic E-state index is 11.8. The highest BCUT2D eigenvalue weighted by Crippen LogP contribution is 2.27. The highest BCUT2D eigenvalue weighted by Gasteiger charge is 2.16. The zero-order valence-electron chi connectivity index (χ0n) is 44.1. The molecule has 84 heavy (non-hydrogen) atoms. The fourth-order valence-corrected chi connectivity index (χ4v) is 7.24. The van der Waals surface area contributed by atoms with Crippen LogP contribution in [0.5, 0.6) is 0 Å². The zero-order valence-corrected chi connectivity index (χ0v) is 49.4. The molecule has 0 aromatic carbocycles. The first-order valence-corrected chi connectivity index (χ1v) is 26.5. The predicted octanol–water partition coefficient (Wildman–Crippen LogP) is 13.4. The standard InChI is InChI=1S/C13H12ClN3O2.C12H10ClN3O2.C11H10ClN3O.C8H7Cl2NO2.C6H3Cl2NO2.C5H6N2/c1-2-19-13(18)10-8-16-12(14)7-11(10)17-9-3-5-15-6-4-9;1-18-12(17)9-7-15-11(13)6-10(9)16-8-2-4-14-5-3-8;12-11-5-10(8(7-16)6-14-11)15-9-1-3-13-4-2-9;1-2-13-8(12)5-4-11-7(10)3-6(5)9;7-4-1-5(8)9-2-3(4)6(10)11;6-5-1-3-7-4-2-5/h3-8H,2H2,1H3,(H,15,16,17);2-7H,1H3,(H,14,15,16);1-6,16H,7H2,(H,13,14,15);3-4H,2H2,1H3;1-2H,(H,10,11);1-4H,(H2,6,7). The Morgan fingerprint density at radius 1 is 0.464 bits per heavy atom. The van der Waals surface area contributed by atoms with Gasteiger partial charge in [-0.1, -0.05) is 81.2 Å². The summed E-state index contributed by atoms with van der Waals surface area (Å²) in [6.07, 6.45) is 20.0. The Balaban J connectivity index is 0.000000221. The van der Waals surface area contributed by atoms with Crippen molar-refractivity contribution in [3.05, 3.63) is 223 Å². The minimum atomic E-state index is -1.11. The van der Waals surface area contributed by atoms with Crippen LogP contribution in [0.15, 0.2) is 159 Å². The molecule has 436 valence electrons. The molecule has 9 heterocycles. The molecule has 0 bridgehead atoms. The van der Waals surface area contributed by atoms with Crippen LogP contribution in [-0.2, 0) is 20.8 Å². The first-order chi connectivity index (χ1) is 40.3. The van der Waals surface area contributed by atoms with E-state index in [0.717, 1.165) is 34.6 Å². The van der Waals surface area contributed by atoms with Crippen molar-refractivity contribution in [3.63, 3.8) is 0 Å². The monoisotopic (exact) mass is 1280 g/mol. The molecule has 0 atom stereocenters. The van der Waals surface area contributed by atoms with E-state index in [0.29, 0.717) is 56.7 Å². The molecule has 0 amide bonds. The second kappa shape index (κ2) is 36.8. The van der Waals surface area contributed by atoms with E-state index in [1.54, 1.807) is 124 Å². The summed E-state index contributed by atoms with van der Waals surface area (Å²) in [4.78, 5) is 79.4. The number of anilines is 7. The lowest BCUT2D eigenvalue weighted by molar-refractivity contribution is 0.0517. The summed E-state index contributed by atoms with van der Waals surface area (Å²) in [6, 6.07) is 21.8. The summed E-state index contributed by atoms with van der Waals surface area (Å²) in [5.74, 6) is -2.52. The maximum Gasteiger partial charge on any atom is 0.341 e. The number of aliphatic hydroxyl groups is 1. The minimum absolute atomic E-state index is 0.0453. The average molecular weight is 1280 g/mol. The van der Waals surface area contributed by atoms with Crippen molar-refractivity contribution in [2.75, 3.05) is 42.0 Å². The number of nitrogen functional groups attached to an aromatic ring is 1. The van der Waals surface area contributed by atoms with Crippen LogP contribution in [0.3, 0.4) is 0 Å². The number of nitrogens with two attached hydrogens (primary N) is 1. The molecule has 0 saturated heterocycles. The number of ether oxygens (including phenoxy) is 3. The van der Waals surface area contributed by atoms with Crippen molar-refractivity contribution in [2.45, 2.75) is 20.5 Å². The lowest BCUT2D eigenvalue weighted by Gasteiger charge is -2.11. The largest absolute Gasteiger partial charge is 0.478 e. The van der Waals surface area contributed by atoms with E-state index in [9.17, 15) is 19.2 Å². The normalized spacial score (nSPS) is 9.80. The SMILES string of the molecule is CCOC(=O)c1cnc(Cl)cc1Cl.CCOC(=O)c1cnc(Cl)cc1Nc1ccncc1.COC(=O)c1cnc(Cl)cc1Nc1ccncc1.Nc1ccncc1.O=C(O)c1cnc(Cl)cc1Cl.OCc1cnc(Cl)cc1Nc1ccncc1. The number of aromatic carboxylic acids is 1. The molecule has 0 aliphatic rings. The van der Waals surface area contributed by atoms with E-state index < -0.39 is 23.9 Å². The van der Waals surface area contributed by atoms with E-state index in [2.05, 4.69) is 65.5 Å². The van der Waals surface area contributed by atoms with Gasteiger partial charge in [0.15, 0.2) is 0 Å². The summed E-state index contributed by atoms with van der Waals surface area (Å²) >= 11 is 39.7. The second-order valence-electron chi connectivity index (χ2n) is 15.5. The highest BCUT2D eigenvalue weighted by molar-refractivity contribution is 6.36. The molecule has 0 unspecified atom stereocenters. The van der Waals surface area contributed by atoms with Crippen LogP contribution in [-0.4, -0.2) is 99.3 Å². The van der Waals surface area contributed by atoms with Gasteiger partial charge in [-0.05, 0) is 92.7 Å². The quantitative estimate of drug-likeness (QED) is 0.0355. The van der Waals surface area contributed by atoms with E-state index >= 15 is 0 Å². The molecule has 7 N–H and O–H groups in total. The summed E-state index contributed by atoms with van der Waals surface area (Å²) in [7, 11) is 1.31. The number of rotatable bonds is 13. The van der Waals surface area contributed by atoms with E-state index in [-0.39, 0.29) is 38.1 Å². The number of esters is 3. The molecule has 0 fully saturated rings. The summed E-state index contributed by atoms with van der Waals surface area (Å²) in [5, 5.41) is 28.7. The number of carbonyl (C=O) groups is 4. The number of aromatic nitrogens is 9. The Bertz CT molecular complexity index is 3540. The Labute approximate surface area is 515 Å².